The van der Waals surface area contributed by atoms with Crippen LogP contribution < -0.4 is 10.1 Å². The van der Waals surface area contributed by atoms with E-state index in [1.807, 2.05) is 0 Å². The lowest BCUT2D eigenvalue weighted by molar-refractivity contribution is -0.144. The van der Waals surface area contributed by atoms with Crippen molar-refractivity contribution in [3.8, 4) is 5.75 Å². The Morgan fingerprint density at radius 3 is 2.63 bits per heavy atom. The van der Waals surface area contributed by atoms with Gasteiger partial charge in [-0.15, -0.1) is 0 Å². The molecule has 0 atom stereocenters. The fourth-order valence-electron chi connectivity index (χ4n) is 1.33. The van der Waals surface area contributed by atoms with Crippen molar-refractivity contribution in [1.29, 1.82) is 0 Å². The molecule has 0 aliphatic carbocycles. The zero-order valence-electron chi connectivity index (χ0n) is 10.4. The van der Waals surface area contributed by atoms with Crippen LogP contribution in [0.15, 0.2) is 16.6 Å². The minimum Gasteiger partial charge on any atom is -0.495 e. The molecule has 0 unspecified atom stereocenters. The first kappa shape index (κ1) is 15.2. The van der Waals surface area contributed by atoms with Crippen LogP contribution in [0.2, 0.25) is 0 Å². The van der Waals surface area contributed by atoms with Crippen molar-refractivity contribution in [2.45, 2.75) is 6.92 Å². The van der Waals surface area contributed by atoms with Gasteiger partial charge in [-0.05, 0) is 12.1 Å². The number of methoxy groups -OCH3 is 1. The van der Waals surface area contributed by atoms with Gasteiger partial charge in [0, 0.05) is 17.0 Å². The number of esters is 1. The first-order valence-corrected chi connectivity index (χ1v) is 6.03. The van der Waals surface area contributed by atoms with Crippen molar-refractivity contribution in [1.82, 2.24) is 0 Å². The number of amides is 1. The van der Waals surface area contributed by atoms with Gasteiger partial charge in [-0.2, -0.15) is 0 Å². The molecular weight excluding hydrogens is 318 g/mol. The summed E-state index contributed by atoms with van der Waals surface area (Å²) >= 11 is 3.22. The first-order chi connectivity index (χ1) is 8.97. The molecule has 0 fully saturated rings. The van der Waals surface area contributed by atoms with Gasteiger partial charge in [0.2, 0.25) is 0 Å². The summed E-state index contributed by atoms with van der Waals surface area (Å²) in [7, 11) is 1.41. The Morgan fingerprint density at radius 2 is 2.11 bits per heavy atom. The normalized spacial score (nSPS) is 9.63. The minimum atomic E-state index is -0.562. The fourth-order valence-corrected chi connectivity index (χ4v) is 1.79. The monoisotopic (exact) mass is 329 g/mol. The third-order valence-corrected chi connectivity index (χ3v) is 2.57. The highest BCUT2D eigenvalue weighted by atomic mass is 79.9. The molecule has 0 aromatic heterocycles. The third-order valence-electron chi connectivity index (χ3n) is 2.12. The molecule has 0 aliphatic heterocycles. The Labute approximate surface area is 118 Å². The predicted octanol–water partition coefficient (Wildman–Crippen LogP) is 1.77. The minimum absolute atomic E-state index is 0.234. The van der Waals surface area contributed by atoms with E-state index in [4.69, 9.17) is 4.74 Å². The zero-order chi connectivity index (χ0) is 14.4. The number of hydrogen-bond acceptors (Lipinski definition) is 5. The molecule has 1 amide bonds. The van der Waals surface area contributed by atoms with Crippen molar-refractivity contribution in [3.05, 3.63) is 22.2 Å². The van der Waals surface area contributed by atoms with Gasteiger partial charge in [0.15, 0.2) is 12.9 Å². The molecule has 102 valence electrons. The fraction of sp³-hybridized carbons (Fsp3) is 0.250. The van der Waals surface area contributed by atoms with E-state index in [1.54, 1.807) is 6.07 Å². The summed E-state index contributed by atoms with van der Waals surface area (Å²) in [5, 5.41) is 2.47. The molecule has 0 saturated heterocycles. The standard InChI is InChI=1S/C12H12BrNO5/c1-7(16)19-6-11(17)14-12-8(5-15)3-9(13)4-10(12)18-2/h3-5H,6H2,1-2H3,(H,14,17). The van der Waals surface area contributed by atoms with Gasteiger partial charge >= 0.3 is 5.97 Å². The van der Waals surface area contributed by atoms with Crippen LogP contribution in [0.4, 0.5) is 5.69 Å². The van der Waals surface area contributed by atoms with Crippen LogP contribution in [0.1, 0.15) is 17.3 Å². The molecule has 1 rings (SSSR count). The van der Waals surface area contributed by atoms with Crippen LogP contribution in [-0.2, 0) is 14.3 Å². The molecule has 1 aromatic rings. The van der Waals surface area contributed by atoms with E-state index < -0.39 is 18.5 Å². The maximum atomic E-state index is 11.6. The summed E-state index contributed by atoms with van der Waals surface area (Å²) in [6.45, 7) is 0.775. The molecule has 0 spiro atoms. The zero-order valence-corrected chi connectivity index (χ0v) is 11.9. The summed E-state index contributed by atoms with van der Waals surface area (Å²) in [5.74, 6) is -0.792. The highest BCUT2D eigenvalue weighted by Crippen LogP contribution is 2.31. The van der Waals surface area contributed by atoms with Gasteiger partial charge in [0.05, 0.1) is 12.8 Å². The van der Waals surface area contributed by atoms with Crippen molar-refractivity contribution >= 4 is 39.8 Å². The van der Waals surface area contributed by atoms with E-state index >= 15 is 0 Å². The number of carbonyl (C=O) groups excluding carboxylic acids is 3. The molecule has 6 nitrogen and oxygen atoms in total. The first-order valence-electron chi connectivity index (χ1n) is 5.24. The highest BCUT2D eigenvalue weighted by Gasteiger charge is 2.14. The van der Waals surface area contributed by atoms with E-state index in [0.29, 0.717) is 16.5 Å². The van der Waals surface area contributed by atoms with Gasteiger partial charge in [0.25, 0.3) is 5.91 Å². The molecular formula is C12H12BrNO5. The van der Waals surface area contributed by atoms with E-state index in [9.17, 15) is 14.4 Å². The second kappa shape index (κ2) is 6.89. The number of carbonyl (C=O) groups is 3. The molecule has 1 aromatic carbocycles. The Kier molecular flexibility index (Phi) is 5.50. The molecule has 0 radical (unpaired) electrons. The number of aldehydes is 1. The summed E-state index contributed by atoms with van der Waals surface area (Å²) < 4.78 is 10.3. The highest BCUT2D eigenvalue weighted by molar-refractivity contribution is 9.10. The second-order valence-electron chi connectivity index (χ2n) is 3.52. The molecule has 0 saturated carbocycles. The number of ether oxygens (including phenoxy) is 2. The van der Waals surface area contributed by atoms with E-state index in [0.717, 1.165) is 0 Å². The molecule has 7 heteroatoms. The number of rotatable bonds is 5. The van der Waals surface area contributed by atoms with E-state index in [1.165, 1.54) is 20.1 Å². The summed E-state index contributed by atoms with van der Waals surface area (Å²) in [6, 6.07) is 3.14. The van der Waals surface area contributed by atoms with E-state index in [-0.39, 0.29) is 11.3 Å². The lowest BCUT2D eigenvalue weighted by atomic mass is 10.1. The summed E-state index contributed by atoms with van der Waals surface area (Å²) in [4.78, 5) is 33.2. The maximum absolute atomic E-state index is 11.6. The lowest BCUT2D eigenvalue weighted by Crippen LogP contribution is -2.21. The Bertz CT molecular complexity index is 515. The van der Waals surface area contributed by atoms with Crippen LogP contribution >= 0.6 is 15.9 Å². The summed E-state index contributed by atoms with van der Waals surface area (Å²) in [6.07, 6.45) is 0.592. The number of anilines is 1. The van der Waals surface area contributed by atoms with Crippen LogP contribution in [0.25, 0.3) is 0 Å². The summed E-state index contributed by atoms with van der Waals surface area (Å²) in [5.41, 5.74) is 0.486. The number of hydrogen-bond donors (Lipinski definition) is 1. The third kappa shape index (κ3) is 4.36. The maximum Gasteiger partial charge on any atom is 0.303 e. The van der Waals surface area contributed by atoms with E-state index in [2.05, 4.69) is 26.0 Å². The smallest absolute Gasteiger partial charge is 0.303 e. The lowest BCUT2D eigenvalue weighted by Gasteiger charge is -2.13. The van der Waals surface area contributed by atoms with Gasteiger partial charge in [-0.1, -0.05) is 15.9 Å². The molecule has 0 heterocycles. The molecule has 1 N–H and O–H groups in total. The van der Waals surface area contributed by atoms with Crippen molar-refractivity contribution in [2.75, 3.05) is 19.0 Å². The van der Waals surface area contributed by atoms with Gasteiger partial charge in [-0.25, -0.2) is 0 Å². The van der Waals surface area contributed by atoms with Crippen LogP contribution in [-0.4, -0.2) is 31.9 Å². The largest absolute Gasteiger partial charge is 0.495 e. The second-order valence-corrected chi connectivity index (χ2v) is 4.43. The van der Waals surface area contributed by atoms with Crippen molar-refractivity contribution < 1.29 is 23.9 Å². The SMILES string of the molecule is COc1cc(Br)cc(C=O)c1NC(=O)COC(C)=O. The van der Waals surface area contributed by atoms with Gasteiger partial charge in [-0.3, -0.25) is 14.4 Å². The van der Waals surface area contributed by atoms with Gasteiger partial charge < -0.3 is 14.8 Å². The van der Waals surface area contributed by atoms with Crippen LogP contribution in [0.3, 0.4) is 0 Å². The average Bonchev–Trinajstić information content (AvgIpc) is 2.37. The van der Waals surface area contributed by atoms with Crippen molar-refractivity contribution in [3.63, 3.8) is 0 Å². The number of nitrogens with one attached hydrogen (secondary N) is 1. The average molecular weight is 330 g/mol. The topological polar surface area (TPSA) is 81.7 Å². The van der Waals surface area contributed by atoms with Crippen LogP contribution in [0.5, 0.6) is 5.75 Å². The Hall–Kier alpha value is -1.89. The quantitative estimate of drug-likeness (QED) is 0.657. The van der Waals surface area contributed by atoms with Crippen LogP contribution in [0, 0.1) is 0 Å². The molecule has 0 bridgehead atoms. The molecule has 0 aliphatic rings. The molecule has 19 heavy (non-hydrogen) atoms. The van der Waals surface area contributed by atoms with Gasteiger partial charge in [0.1, 0.15) is 5.75 Å². The Balaban J connectivity index is 2.95. The van der Waals surface area contributed by atoms with Crippen molar-refractivity contribution in [2.24, 2.45) is 0 Å². The Morgan fingerprint density at radius 1 is 1.42 bits per heavy atom. The number of halogens is 1. The number of benzene rings is 1. The predicted molar refractivity (Wildman–Crippen MR) is 71.3 cm³/mol.